The maximum atomic E-state index is 12.5. The number of hydrogen-bond acceptors (Lipinski definition) is 3. The van der Waals surface area contributed by atoms with Gasteiger partial charge in [0.1, 0.15) is 6.61 Å². The monoisotopic (exact) mass is 271 g/mol. The van der Waals surface area contributed by atoms with Gasteiger partial charge in [-0.3, -0.25) is 0 Å². The molecule has 0 saturated heterocycles. The highest BCUT2D eigenvalue weighted by Gasteiger charge is 2.30. The molecule has 2 aromatic rings. The molecule has 1 aromatic heterocycles. The largest absolute Gasteiger partial charge is 0.416 e. The number of alkyl halides is 3. The zero-order valence-corrected chi connectivity index (χ0v) is 10.1. The third kappa shape index (κ3) is 2.60. The van der Waals surface area contributed by atoms with Crippen LogP contribution in [0.1, 0.15) is 18.3 Å². The summed E-state index contributed by atoms with van der Waals surface area (Å²) in [6, 6.07) is 4.70. The molecule has 0 spiro atoms. The Hall–Kier alpha value is -1.89. The van der Waals surface area contributed by atoms with Crippen LogP contribution in [-0.2, 0) is 19.3 Å². The van der Waals surface area contributed by atoms with Gasteiger partial charge >= 0.3 is 6.18 Å². The van der Waals surface area contributed by atoms with Crippen LogP contribution < -0.4 is 0 Å². The van der Waals surface area contributed by atoms with Crippen molar-refractivity contribution in [3.63, 3.8) is 0 Å². The lowest BCUT2D eigenvalue weighted by Gasteiger charge is -2.08. The fourth-order valence-electron chi connectivity index (χ4n) is 1.81. The van der Waals surface area contributed by atoms with Gasteiger partial charge in [-0.2, -0.15) is 13.2 Å². The molecule has 102 valence electrons. The number of rotatable bonds is 3. The summed E-state index contributed by atoms with van der Waals surface area (Å²) in [5.74, 6) is 0.831. The Kier molecular flexibility index (Phi) is 3.57. The van der Waals surface area contributed by atoms with Crippen LogP contribution >= 0.6 is 0 Å². The molecule has 0 radical (unpaired) electrons. The number of nitrogens with zero attached hydrogens (tertiary/aromatic N) is 3. The smallest absolute Gasteiger partial charge is 0.388 e. The maximum Gasteiger partial charge on any atom is 0.416 e. The number of halogens is 3. The molecule has 0 fully saturated rings. The molecule has 0 saturated carbocycles. The van der Waals surface area contributed by atoms with Crippen molar-refractivity contribution in [1.82, 2.24) is 14.8 Å². The van der Waals surface area contributed by atoms with Gasteiger partial charge in [0.05, 0.1) is 5.56 Å². The number of aromatic nitrogens is 3. The first kappa shape index (κ1) is 13.5. The Morgan fingerprint density at radius 1 is 1.16 bits per heavy atom. The molecule has 0 aliphatic rings. The molecule has 0 aliphatic carbocycles. The molecule has 0 bridgehead atoms. The summed E-state index contributed by atoms with van der Waals surface area (Å²) in [4.78, 5) is 0. The molecule has 0 aliphatic heterocycles. The maximum absolute atomic E-state index is 12.5. The summed E-state index contributed by atoms with van der Waals surface area (Å²) in [6.07, 6.45) is -4.35. The van der Waals surface area contributed by atoms with Gasteiger partial charge in [-0.1, -0.05) is 12.1 Å². The Balaban J connectivity index is 2.40. The van der Waals surface area contributed by atoms with Gasteiger partial charge in [0, 0.05) is 12.1 Å². The molecule has 2 rings (SSSR count). The highest BCUT2D eigenvalue weighted by atomic mass is 19.4. The molecule has 19 heavy (non-hydrogen) atoms. The molecule has 0 amide bonds. The molecular formula is C12H12F3N3O. The van der Waals surface area contributed by atoms with E-state index in [1.807, 2.05) is 6.92 Å². The Morgan fingerprint density at radius 3 is 2.26 bits per heavy atom. The topological polar surface area (TPSA) is 50.9 Å². The van der Waals surface area contributed by atoms with Crippen molar-refractivity contribution in [1.29, 1.82) is 0 Å². The summed E-state index contributed by atoms with van der Waals surface area (Å²) in [7, 11) is 0. The third-order valence-electron chi connectivity index (χ3n) is 2.76. The van der Waals surface area contributed by atoms with E-state index in [0.29, 0.717) is 23.8 Å². The van der Waals surface area contributed by atoms with Crippen molar-refractivity contribution in [2.45, 2.75) is 26.3 Å². The second-order valence-electron chi connectivity index (χ2n) is 3.92. The number of aliphatic hydroxyl groups is 1. The van der Waals surface area contributed by atoms with E-state index in [0.717, 1.165) is 12.1 Å². The van der Waals surface area contributed by atoms with Crippen molar-refractivity contribution >= 4 is 0 Å². The minimum atomic E-state index is -4.35. The van der Waals surface area contributed by atoms with Crippen LogP contribution in [0, 0.1) is 0 Å². The Morgan fingerprint density at radius 2 is 1.79 bits per heavy atom. The van der Waals surface area contributed by atoms with E-state index < -0.39 is 11.7 Å². The van der Waals surface area contributed by atoms with Crippen LogP contribution in [0.4, 0.5) is 13.2 Å². The van der Waals surface area contributed by atoms with Gasteiger partial charge in [-0.05, 0) is 19.1 Å². The predicted octanol–water partition coefficient (Wildman–Crippen LogP) is 2.48. The minimum absolute atomic E-state index is 0.262. The molecule has 7 heteroatoms. The van der Waals surface area contributed by atoms with Crippen LogP contribution in [-0.4, -0.2) is 19.9 Å². The molecular weight excluding hydrogens is 259 g/mol. The lowest BCUT2D eigenvalue weighted by molar-refractivity contribution is -0.137. The molecule has 1 N–H and O–H groups in total. The number of hydrogen-bond donors (Lipinski definition) is 1. The highest BCUT2D eigenvalue weighted by molar-refractivity contribution is 5.56. The van der Waals surface area contributed by atoms with E-state index in [-0.39, 0.29) is 6.61 Å². The van der Waals surface area contributed by atoms with Crippen LogP contribution in [0.2, 0.25) is 0 Å². The molecule has 0 unspecified atom stereocenters. The zero-order valence-electron chi connectivity index (χ0n) is 10.1. The third-order valence-corrected chi connectivity index (χ3v) is 2.76. The first-order valence-corrected chi connectivity index (χ1v) is 5.68. The first-order chi connectivity index (χ1) is 8.97. The lowest BCUT2D eigenvalue weighted by Crippen LogP contribution is -2.05. The van der Waals surface area contributed by atoms with Crippen molar-refractivity contribution in [2.24, 2.45) is 0 Å². The Labute approximate surface area is 107 Å². The predicted molar refractivity (Wildman–Crippen MR) is 62.1 cm³/mol. The van der Waals surface area contributed by atoms with E-state index in [2.05, 4.69) is 10.2 Å². The fraction of sp³-hybridized carbons (Fsp3) is 0.333. The standard InChI is InChI=1S/C12H12F3N3O/c1-2-18-10(7-19)16-17-11(18)8-3-5-9(6-4-8)12(13,14)15/h3-6,19H,2,7H2,1H3. The second kappa shape index (κ2) is 5.00. The molecule has 1 aromatic carbocycles. The van der Waals surface area contributed by atoms with Crippen LogP contribution in [0.25, 0.3) is 11.4 Å². The van der Waals surface area contributed by atoms with Crippen molar-refractivity contribution in [3.8, 4) is 11.4 Å². The quantitative estimate of drug-likeness (QED) is 0.933. The van der Waals surface area contributed by atoms with Crippen molar-refractivity contribution in [2.75, 3.05) is 0 Å². The van der Waals surface area contributed by atoms with Crippen LogP contribution in [0.15, 0.2) is 24.3 Å². The van der Waals surface area contributed by atoms with E-state index in [1.54, 1.807) is 4.57 Å². The number of aliphatic hydroxyl groups excluding tert-OH is 1. The minimum Gasteiger partial charge on any atom is -0.388 e. The van der Waals surface area contributed by atoms with Crippen molar-refractivity contribution in [3.05, 3.63) is 35.7 Å². The molecule has 1 heterocycles. The summed E-state index contributed by atoms with van der Waals surface area (Å²) < 4.78 is 39.0. The fourth-order valence-corrected chi connectivity index (χ4v) is 1.81. The summed E-state index contributed by atoms with van der Waals surface area (Å²) >= 11 is 0. The number of benzene rings is 1. The van der Waals surface area contributed by atoms with E-state index in [4.69, 9.17) is 5.11 Å². The lowest BCUT2D eigenvalue weighted by atomic mass is 10.1. The van der Waals surface area contributed by atoms with Gasteiger partial charge in [0.25, 0.3) is 0 Å². The van der Waals surface area contributed by atoms with Gasteiger partial charge in [-0.25, -0.2) is 0 Å². The average Bonchev–Trinajstić information content (AvgIpc) is 2.80. The first-order valence-electron chi connectivity index (χ1n) is 5.68. The normalized spacial score (nSPS) is 11.8. The molecule has 0 atom stereocenters. The second-order valence-corrected chi connectivity index (χ2v) is 3.92. The van der Waals surface area contributed by atoms with Gasteiger partial charge in [0.15, 0.2) is 11.6 Å². The van der Waals surface area contributed by atoms with E-state index in [1.165, 1.54) is 12.1 Å². The van der Waals surface area contributed by atoms with Gasteiger partial charge < -0.3 is 9.67 Å². The van der Waals surface area contributed by atoms with Crippen molar-refractivity contribution < 1.29 is 18.3 Å². The SMILES string of the molecule is CCn1c(CO)nnc1-c1ccc(C(F)(F)F)cc1. The van der Waals surface area contributed by atoms with E-state index >= 15 is 0 Å². The van der Waals surface area contributed by atoms with E-state index in [9.17, 15) is 13.2 Å². The van der Waals surface area contributed by atoms with Gasteiger partial charge in [0.2, 0.25) is 0 Å². The van der Waals surface area contributed by atoms with Crippen LogP contribution in [0.3, 0.4) is 0 Å². The molecule has 4 nitrogen and oxygen atoms in total. The average molecular weight is 271 g/mol. The summed E-state index contributed by atoms with van der Waals surface area (Å²) in [5, 5.41) is 16.8. The van der Waals surface area contributed by atoms with Gasteiger partial charge in [-0.15, -0.1) is 10.2 Å². The Bertz CT molecular complexity index is 561. The summed E-state index contributed by atoms with van der Waals surface area (Å²) in [5.41, 5.74) is -0.178. The highest BCUT2D eigenvalue weighted by Crippen LogP contribution is 2.30. The zero-order chi connectivity index (χ0) is 14.0. The summed E-state index contributed by atoms with van der Waals surface area (Å²) in [6.45, 7) is 2.11. The van der Waals surface area contributed by atoms with Crippen LogP contribution in [0.5, 0.6) is 0 Å².